The van der Waals surface area contributed by atoms with Gasteiger partial charge in [0, 0.05) is 25.0 Å². The van der Waals surface area contributed by atoms with Crippen molar-refractivity contribution in [2.75, 3.05) is 5.32 Å². The SMILES string of the molecule is Cc1cc(Nc2nc(C(O)c3ccc(F)cc3)nc3nn(C)cc23)n[nH]1. The van der Waals surface area contributed by atoms with Crippen LogP contribution < -0.4 is 5.32 Å². The number of nitrogens with zero attached hydrogens (tertiary/aromatic N) is 5. The van der Waals surface area contributed by atoms with Gasteiger partial charge in [-0.15, -0.1) is 0 Å². The lowest BCUT2D eigenvalue weighted by Crippen LogP contribution is -2.08. The van der Waals surface area contributed by atoms with E-state index < -0.39 is 6.10 Å². The molecule has 8 nitrogen and oxygen atoms in total. The predicted molar refractivity (Wildman–Crippen MR) is 93.4 cm³/mol. The average Bonchev–Trinajstić information content (AvgIpc) is 3.19. The van der Waals surface area contributed by atoms with Crippen LogP contribution >= 0.6 is 0 Å². The van der Waals surface area contributed by atoms with Gasteiger partial charge in [-0.05, 0) is 24.6 Å². The van der Waals surface area contributed by atoms with Crippen molar-refractivity contribution < 1.29 is 9.50 Å². The van der Waals surface area contributed by atoms with Gasteiger partial charge in [0.05, 0.1) is 5.39 Å². The molecule has 4 rings (SSSR count). The summed E-state index contributed by atoms with van der Waals surface area (Å²) in [7, 11) is 1.78. The van der Waals surface area contributed by atoms with Crippen LogP contribution in [0.1, 0.15) is 23.2 Å². The van der Waals surface area contributed by atoms with Crippen molar-refractivity contribution in [2.24, 2.45) is 7.05 Å². The summed E-state index contributed by atoms with van der Waals surface area (Å²) < 4.78 is 14.7. The van der Waals surface area contributed by atoms with E-state index in [1.807, 2.05) is 13.0 Å². The van der Waals surface area contributed by atoms with Crippen LogP contribution in [0.15, 0.2) is 36.5 Å². The number of fused-ring (bicyclic) bond motifs is 1. The van der Waals surface area contributed by atoms with Crippen LogP contribution in [-0.4, -0.2) is 35.1 Å². The Hall–Kier alpha value is -3.33. The monoisotopic (exact) mass is 353 g/mol. The van der Waals surface area contributed by atoms with E-state index in [1.54, 1.807) is 17.9 Å². The van der Waals surface area contributed by atoms with E-state index in [1.165, 1.54) is 24.3 Å². The molecular weight excluding hydrogens is 337 g/mol. The van der Waals surface area contributed by atoms with Gasteiger partial charge in [0.2, 0.25) is 0 Å². The highest BCUT2D eigenvalue weighted by Gasteiger charge is 2.19. The number of aliphatic hydroxyl groups is 1. The molecule has 4 aromatic rings. The summed E-state index contributed by atoms with van der Waals surface area (Å²) in [4.78, 5) is 8.79. The molecule has 9 heteroatoms. The lowest BCUT2D eigenvalue weighted by atomic mass is 10.1. The van der Waals surface area contributed by atoms with Crippen LogP contribution in [0.5, 0.6) is 0 Å². The molecular formula is C17H16FN7O. The number of aryl methyl sites for hydroxylation is 2. The Kier molecular flexibility index (Phi) is 3.85. The van der Waals surface area contributed by atoms with Crippen LogP contribution in [0.4, 0.5) is 16.0 Å². The van der Waals surface area contributed by atoms with Crippen molar-refractivity contribution >= 4 is 22.7 Å². The maximum Gasteiger partial charge on any atom is 0.186 e. The number of aromatic nitrogens is 6. The topological polar surface area (TPSA) is 105 Å². The third-order valence-electron chi connectivity index (χ3n) is 3.89. The average molecular weight is 353 g/mol. The first-order valence-corrected chi connectivity index (χ1v) is 7.93. The highest BCUT2D eigenvalue weighted by atomic mass is 19.1. The number of H-pyrrole nitrogens is 1. The Bertz CT molecular complexity index is 1070. The fourth-order valence-electron chi connectivity index (χ4n) is 2.65. The molecule has 1 atom stereocenters. The molecule has 3 aromatic heterocycles. The van der Waals surface area contributed by atoms with Gasteiger partial charge in [-0.25, -0.2) is 14.4 Å². The molecule has 0 aliphatic carbocycles. The number of nitrogens with one attached hydrogen (secondary N) is 2. The number of hydrogen-bond acceptors (Lipinski definition) is 6. The van der Waals surface area contributed by atoms with Crippen LogP contribution in [0.3, 0.4) is 0 Å². The van der Waals surface area contributed by atoms with E-state index in [9.17, 15) is 9.50 Å². The normalized spacial score (nSPS) is 12.5. The zero-order chi connectivity index (χ0) is 18.3. The number of benzene rings is 1. The summed E-state index contributed by atoms with van der Waals surface area (Å²) >= 11 is 0. The first kappa shape index (κ1) is 16.2. The quantitative estimate of drug-likeness (QED) is 0.520. The van der Waals surface area contributed by atoms with Crippen LogP contribution in [0.2, 0.25) is 0 Å². The molecule has 0 aliphatic heterocycles. The molecule has 132 valence electrons. The summed E-state index contributed by atoms with van der Waals surface area (Å²) in [5, 5.41) is 25.7. The van der Waals surface area contributed by atoms with Gasteiger partial charge >= 0.3 is 0 Å². The number of hydrogen-bond donors (Lipinski definition) is 3. The maximum atomic E-state index is 13.1. The molecule has 3 N–H and O–H groups in total. The minimum atomic E-state index is -1.11. The predicted octanol–water partition coefficient (Wildman–Crippen LogP) is 2.36. The molecule has 0 saturated carbocycles. The van der Waals surface area contributed by atoms with E-state index in [0.29, 0.717) is 28.2 Å². The van der Waals surface area contributed by atoms with Gasteiger partial charge in [0.15, 0.2) is 17.3 Å². The summed E-state index contributed by atoms with van der Waals surface area (Å²) in [6, 6.07) is 7.39. The third-order valence-corrected chi connectivity index (χ3v) is 3.89. The van der Waals surface area contributed by atoms with E-state index in [2.05, 4.69) is 30.6 Å². The molecule has 1 unspecified atom stereocenters. The van der Waals surface area contributed by atoms with Gasteiger partial charge in [-0.1, -0.05) is 12.1 Å². The second-order valence-corrected chi connectivity index (χ2v) is 5.99. The van der Waals surface area contributed by atoms with E-state index in [0.717, 1.165) is 5.69 Å². The third kappa shape index (κ3) is 3.00. The standard InChI is InChI=1S/C17H16FN7O/c1-9-7-13(23-22-9)19-15-12-8-25(2)24-16(12)21-17(20-15)14(26)10-3-5-11(18)6-4-10/h3-8,14,26H,1-2H3,(H2,19,20,21,22,23,24). The molecule has 3 heterocycles. The minimum absolute atomic E-state index is 0.164. The van der Waals surface area contributed by atoms with E-state index in [-0.39, 0.29) is 11.6 Å². The van der Waals surface area contributed by atoms with E-state index >= 15 is 0 Å². The first-order valence-electron chi connectivity index (χ1n) is 7.93. The molecule has 0 aliphatic rings. The lowest BCUT2D eigenvalue weighted by Gasteiger charge is -2.11. The Morgan fingerprint density at radius 3 is 2.69 bits per heavy atom. The largest absolute Gasteiger partial charge is 0.380 e. The molecule has 0 amide bonds. The molecule has 0 fully saturated rings. The van der Waals surface area contributed by atoms with Crippen molar-refractivity contribution in [3.8, 4) is 0 Å². The molecule has 0 bridgehead atoms. The summed E-state index contributed by atoms with van der Waals surface area (Å²) in [6.07, 6.45) is 0.675. The van der Waals surface area contributed by atoms with Crippen molar-refractivity contribution in [1.29, 1.82) is 0 Å². The Morgan fingerprint density at radius 2 is 2.00 bits per heavy atom. The molecule has 0 saturated heterocycles. The molecule has 0 radical (unpaired) electrons. The summed E-state index contributed by atoms with van der Waals surface area (Å²) in [6.45, 7) is 1.89. The van der Waals surface area contributed by atoms with Gasteiger partial charge < -0.3 is 10.4 Å². The minimum Gasteiger partial charge on any atom is -0.380 e. The second-order valence-electron chi connectivity index (χ2n) is 5.99. The highest BCUT2D eigenvalue weighted by Crippen LogP contribution is 2.27. The van der Waals surface area contributed by atoms with Crippen LogP contribution in [-0.2, 0) is 7.05 Å². The Morgan fingerprint density at radius 1 is 1.23 bits per heavy atom. The zero-order valence-electron chi connectivity index (χ0n) is 14.1. The fraction of sp³-hybridized carbons (Fsp3) is 0.176. The molecule has 0 spiro atoms. The number of rotatable bonds is 4. The van der Waals surface area contributed by atoms with Crippen molar-refractivity contribution in [1.82, 2.24) is 29.9 Å². The van der Waals surface area contributed by atoms with Gasteiger partial charge in [0.25, 0.3) is 0 Å². The van der Waals surface area contributed by atoms with Crippen molar-refractivity contribution in [3.05, 3.63) is 59.4 Å². The first-order chi connectivity index (χ1) is 12.5. The molecule has 1 aromatic carbocycles. The Labute approximate surface area is 147 Å². The van der Waals surface area contributed by atoms with E-state index in [4.69, 9.17) is 0 Å². The number of aromatic amines is 1. The number of anilines is 2. The second kappa shape index (κ2) is 6.19. The van der Waals surface area contributed by atoms with Gasteiger partial charge in [-0.2, -0.15) is 10.2 Å². The Balaban J connectivity index is 1.78. The zero-order valence-corrected chi connectivity index (χ0v) is 14.1. The lowest BCUT2D eigenvalue weighted by molar-refractivity contribution is 0.210. The van der Waals surface area contributed by atoms with Crippen molar-refractivity contribution in [3.63, 3.8) is 0 Å². The number of aliphatic hydroxyl groups excluding tert-OH is 1. The van der Waals surface area contributed by atoms with Crippen LogP contribution in [0.25, 0.3) is 11.0 Å². The van der Waals surface area contributed by atoms with Crippen LogP contribution in [0, 0.1) is 12.7 Å². The summed E-state index contributed by atoms with van der Waals surface area (Å²) in [5.41, 5.74) is 1.83. The van der Waals surface area contributed by atoms with Crippen molar-refractivity contribution in [2.45, 2.75) is 13.0 Å². The summed E-state index contributed by atoms with van der Waals surface area (Å²) in [5.74, 6) is 0.857. The van der Waals surface area contributed by atoms with Gasteiger partial charge in [0.1, 0.15) is 17.7 Å². The molecule has 26 heavy (non-hydrogen) atoms. The number of halogens is 1. The maximum absolute atomic E-state index is 13.1. The fourth-order valence-corrected chi connectivity index (χ4v) is 2.65. The highest BCUT2D eigenvalue weighted by molar-refractivity contribution is 5.87. The van der Waals surface area contributed by atoms with Gasteiger partial charge in [-0.3, -0.25) is 9.78 Å². The smallest absolute Gasteiger partial charge is 0.186 e.